The van der Waals surface area contributed by atoms with E-state index >= 15 is 0 Å². The van der Waals surface area contributed by atoms with E-state index in [1.54, 1.807) is 43.4 Å². The molecule has 106 valence electrons. The van der Waals surface area contributed by atoms with Gasteiger partial charge in [0.1, 0.15) is 12.4 Å². The number of nitrogens with zero attached hydrogens (tertiary/aromatic N) is 2. The number of nitriles is 1. The number of carbonyl (C=O) groups is 1. The van der Waals surface area contributed by atoms with Crippen molar-refractivity contribution in [2.45, 2.75) is 6.61 Å². The minimum Gasteiger partial charge on any atom is -0.489 e. The van der Waals surface area contributed by atoms with Gasteiger partial charge in [0, 0.05) is 12.7 Å². The second kappa shape index (κ2) is 6.44. The zero-order valence-corrected chi connectivity index (χ0v) is 11.6. The smallest absolute Gasteiger partial charge is 0.318 e. The Morgan fingerprint density at radius 1 is 1.19 bits per heavy atom. The molecule has 0 fully saturated rings. The van der Waals surface area contributed by atoms with Gasteiger partial charge in [-0.25, -0.2) is 4.79 Å². The summed E-state index contributed by atoms with van der Waals surface area (Å²) in [5, 5.41) is 8.73. The Morgan fingerprint density at radius 2 is 1.81 bits per heavy atom. The molecule has 0 heterocycles. The molecule has 0 atom stereocenters. The van der Waals surface area contributed by atoms with E-state index < -0.39 is 6.03 Å². The Hall–Kier alpha value is -3.00. The molecular weight excluding hydrogens is 266 g/mol. The minimum absolute atomic E-state index is 0.413. The van der Waals surface area contributed by atoms with Gasteiger partial charge in [-0.2, -0.15) is 5.26 Å². The number of benzene rings is 2. The topological polar surface area (TPSA) is 79.3 Å². The first kappa shape index (κ1) is 14.4. The molecule has 2 N–H and O–H groups in total. The van der Waals surface area contributed by atoms with Crippen LogP contribution in [0.4, 0.5) is 10.5 Å². The molecule has 0 bridgehead atoms. The quantitative estimate of drug-likeness (QED) is 0.935. The largest absolute Gasteiger partial charge is 0.489 e. The van der Waals surface area contributed by atoms with Gasteiger partial charge in [-0.1, -0.05) is 12.1 Å². The molecule has 0 aromatic heterocycles. The van der Waals surface area contributed by atoms with E-state index in [0.29, 0.717) is 23.6 Å². The summed E-state index contributed by atoms with van der Waals surface area (Å²) in [4.78, 5) is 12.4. The maximum absolute atomic E-state index is 11.0. The highest BCUT2D eigenvalue weighted by molar-refractivity contribution is 5.90. The van der Waals surface area contributed by atoms with E-state index in [2.05, 4.69) is 6.07 Å². The van der Waals surface area contributed by atoms with Crippen LogP contribution in [0.3, 0.4) is 0 Å². The molecule has 5 heteroatoms. The van der Waals surface area contributed by atoms with Crippen molar-refractivity contribution in [3.63, 3.8) is 0 Å². The number of nitrogens with two attached hydrogens (primary N) is 1. The molecule has 0 saturated carbocycles. The fourth-order valence-electron chi connectivity index (χ4n) is 1.74. The summed E-state index contributed by atoms with van der Waals surface area (Å²) in [6.45, 7) is 0.413. The number of ether oxygens (including phenoxy) is 1. The van der Waals surface area contributed by atoms with Crippen molar-refractivity contribution in [3.05, 3.63) is 59.7 Å². The number of urea groups is 1. The number of rotatable bonds is 4. The molecule has 0 aliphatic heterocycles. The molecule has 21 heavy (non-hydrogen) atoms. The number of hydrogen-bond donors (Lipinski definition) is 1. The summed E-state index contributed by atoms with van der Waals surface area (Å²) in [6, 6.07) is 15.9. The monoisotopic (exact) mass is 281 g/mol. The van der Waals surface area contributed by atoms with Gasteiger partial charge in [0.15, 0.2) is 0 Å². The van der Waals surface area contributed by atoms with E-state index in [0.717, 1.165) is 5.56 Å². The second-order valence-electron chi connectivity index (χ2n) is 4.49. The Morgan fingerprint density at radius 3 is 2.33 bits per heavy atom. The van der Waals surface area contributed by atoms with Crippen molar-refractivity contribution in [1.29, 1.82) is 5.26 Å². The number of primary amides is 1. The summed E-state index contributed by atoms with van der Waals surface area (Å²) < 4.78 is 5.64. The van der Waals surface area contributed by atoms with Gasteiger partial charge >= 0.3 is 6.03 Å². The zero-order chi connectivity index (χ0) is 15.2. The van der Waals surface area contributed by atoms with E-state index in [1.165, 1.54) is 4.90 Å². The fourth-order valence-corrected chi connectivity index (χ4v) is 1.74. The Labute approximate surface area is 123 Å². The first-order valence-electron chi connectivity index (χ1n) is 6.35. The van der Waals surface area contributed by atoms with Crippen LogP contribution in [-0.4, -0.2) is 13.1 Å². The third kappa shape index (κ3) is 3.74. The summed E-state index contributed by atoms with van der Waals surface area (Å²) in [6.07, 6.45) is 0. The Kier molecular flexibility index (Phi) is 4.42. The van der Waals surface area contributed by atoms with Gasteiger partial charge < -0.3 is 10.5 Å². The lowest BCUT2D eigenvalue weighted by Gasteiger charge is -2.14. The van der Waals surface area contributed by atoms with Gasteiger partial charge in [-0.3, -0.25) is 4.90 Å². The highest BCUT2D eigenvalue weighted by Crippen LogP contribution is 2.19. The first-order chi connectivity index (χ1) is 10.1. The van der Waals surface area contributed by atoms with Gasteiger partial charge in [0.25, 0.3) is 0 Å². The second-order valence-corrected chi connectivity index (χ2v) is 4.49. The van der Waals surface area contributed by atoms with Crippen LogP contribution in [0.1, 0.15) is 11.1 Å². The lowest BCUT2D eigenvalue weighted by Crippen LogP contribution is -2.31. The van der Waals surface area contributed by atoms with Crippen LogP contribution in [0.2, 0.25) is 0 Å². The molecule has 0 aliphatic carbocycles. The van der Waals surface area contributed by atoms with Crippen LogP contribution in [0.5, 0.6) is 5.75 Å². The van der Waals surface area contributed by atoms with E-state index in [1.807, 2.05) is 12.1 Å². The average Bonchev–Trinajstić information content (AvgIpc) is 2.53. The molecule has 0 spiro atoms. The van der Waals surface area contributed by atoms with Gasteiger partial charge in [-0.15, -0.1) is 0 Å². The molecule has 2 rings (SSSR count). The van der Waals surface area contributed by atoms with Crippen LogP contribution < -0.4 is 15.4 Å². The number of hydrogen-bond acceptors (Lipinski definition) is 3. The van der Waals surface area contributed by atoms with Gasteiger partial charge in [-0.05, 0) is 42.0 Å². The average molecular weight is 281 g/mol. The standard InChI is InChI=1S/C16H15N3O2/c1-19(16(18)20)14-6-8-15(9-7-14)21-11-13-4-2-12(10-17)3-5-13/h2-9H,11H2,1H3,(H2,18,20). The third-order valence-electron chi connectivity index (χ3n) is 3.04. The summed E-state index contributed by atoms with van der Waals surface area (Å²) in [7, 11) is 1.61. The maximum Gasteiger partial charge on any atom is 0.318 e. The third-order valence-corrected chi connectivity index (χ3v) is 3.04. The van der Waals surface area contributed by atoms with Gasteiger partial charge in [0.2, 0.25) is 0 Å². The van der Waals surface area contributed by atoms with E-state index in [9.17, 15) is 4.79 Å². The maximum atomic E-state index is 11.0. The Balaban J connectivity index is 1.97. The van der Waals surface area contributed by atoms with Crippen molar-refractivity contribution in [3.8, 4) is 11.8 Å². The van der Waals surface area contributed by atoms with Crippen molar-refractivity contribution in [2.75, 3.05) is 11.9 Å². The Bertz CT molecular complexity index is 657. The predicted molar refractivity (Wildman–Crippen MR) is 79.9 cm³/mol. The van der Waals surface area contributed by atoms with Crippen LogP contribution in [-0.2, 0) is 6.61 Å². The van der Waals surface area contributed by atoms with Gasteiger partial charge in [0.05, 0.1) is 11.6 Å². The van der Waals surface area contributed by atoms with Crippen molar-refractivity contribution < 1.29 is 9.53 Å². The highest BCUT2D eigenvalue weighted by Gasteiger charge is 2.06. The molecule has 0 radical (unpaired) electrons. The first-order valence-corrected chi connectivity index (χ1v) is 6.35. The lowest BCUT2D eigenvalue weighted by atomic mass is 10.1. The highest BCUT2D eigenvalue weighted by atomic mass is 16.5. The minimum atomic E-state index is -0.513. The lowest BCUT2D eigenvalue weighted by molar-refractivity contribution is 0.255. The number of carbonyl (C=O) groups excluding carboxylic acids is 1. The summed E-state index contributed by atoms with van der Waals surface area (Å²) in [5.74, 6) is 0.695. The molecule has 0 unspecified atom stereocenters. The zero-order valence-electron chi connectivity index (χ0n) is 11.6. The summed E-state index contributed by atoms with van der Waals surface area (Å²) in [5.41, 5.74) is 7.50. The van der Waals surface area contributed by atoms with Crippen molar-refractivity contribution in [2.24, 2.45) is 5.73 Å². The molecule has 0 aliphatic rings. The summed E-state index contributed by atoms with van der Waals surface area (Å²) >= 11 is 0. The molecule has 2 aromatic rings. The SMILES string of the molecule is CN(C(N)=O)c1ccc(OCc2ccc(C#N)cc2)cc1. The van der Waals surface area contributed by atoms with Crippen molar-refractivity contribution >= 4 is 11.7 Å². The number of amides is 2. The molecule has 5 nitrogen and oxygen atoms in total. The fraction of sp³-hybridized carbons (Fsp3) is 0.125. The van der Waals surface area contributed by atoms with Crippen LogP contribution >= 0.6 is 0 Å². The van der Waals surface area contributed by atoms with Crippen LogP contribution in [0.15, 0.2) is 48.5 Å². The number of anilines is 1. The molecule has 2 aromatic carbocycles. The molecule has 2 amide bonds. The molecular formula is C16H15N3O2. The normalized spacial score (nSPS) is 9.71. The van der Waals surface area contributed by atoms with Crippen LogP contribution in [0.25, 0.3) is 0 Å². The van der Waals surface area contributed by atoms with Crippen LogP contribution in [0, 0.1) is 11.3 Å². The van der Waals surface area contributed by atoms with E-state index in [4.69, 9.17) is 15.7 Å². The van der Waals surface area contributed by atoms with E-state index in [-0.39, 0.29) is 0 Å². The molecule has 0 saturated heterocycles. The predicted octanol–water partition coefficient (Wildman–Crippen LogP) is 2.65. The van der Waals surface area contributed by atoms with Crippen molar-refractivity contribution in [1.82, 2.24) is 0 Å².